The number of urea groups is 1. The molecule has 1 saturated heterocycles. The molecule has 2 atom stereocenters. The van der Waals surface area contributed by atoms with E-state index in [1.54, 1.807) is 18.3 Å². The number of nitrogens with zero attached hydrogens (tertiary/aromatic N) is 4. The summed E-state index contributed by atoms with van der Waals surface area (Å²) in [5.41, 5.74) is 0.770. The fraction of sp³-hybridized carbons (Fsp3) is 0.370. The Morgan fingerprint density at radius 2 is 1.86 bits per heavy atom. The summed E-state index contributed by atoms with van der Waals surface area (Å²) in [7, 11) is 0. The number of carbonyl (C=O) groups excluding carboxylic acids is 3. The number of aromatic nitrogens is 2. The van der Waals surface area contributed by atoms with Crippen molar-refractivity contribution < 1.29 is 14.4 Å². The third kappa shape index (κ3) is 3.04. The van der Waals surface area contributed by atoms with Gasteiger partial charge in [0.05, 0.1) is 11.6 Å². The maximum absolute atomic E-state index is 14.3. The van der Waals surface area contributed by atoms with Crippen LogP contribution in [0.4, 0.5) is 10.6 Å². The van der Waals surface area contributed by atoms with Gasteiger partial charge in [-0.05, 0) is 36.1 Å². The smallest absolute Gasteiger partial charge is 0.330 e. The van der Waals surface area contributed by atoms with Crippen LogP contribution in [-0.4, -0.2) is 45.2 Å². The van der Waals surface area contributed by atoms with E-state index in [0.717, 1.165) is 24.0 Å². The summed E-state index contributed by atoms with van der Waals surface area (Å²) < 4.78 is 1.44. The minimum Gasteiger partial charge on any atom is -0.347 e. The second kappa shape index (κ2) is 8.29. The van der Waals surface area contributed by atoms with E-state index in [4.69, 9.17) is 4.98 Å². The highest BCUT2D eigenvalue weighted by Crippen LogP contribution is 2.52. The number of carbonyl (C=O) groups is 3. The molecular weight excluding hydrogens is 458 g/mol. The van der Waals surface area contributed by atoms with Crippen LogP contribution in [0.5, 0.6) is 0 Å². The van der Waals surface area contributed by atoms with Crippen molar-refractivity contribution in [1.82, 2.24) is 19.6 Å². The molecule has 4 amide bonds. The van der Waals surface area contributed by atoms with Crippen LogP contribution in [-0.2, 0) is 22.4 Å². The number of benzene rings is 1. The predicted octanol–water partition coefficient (Wildman–Crippen LogP) is 2.61. The van der Waals surface area contributed by atoms with Gasteiger partial charge in [-0.15, -0.1) is 0 Å². The molecule has 0 aliphatic carbocycles. The Labute approximate surface area is 207 Å². The molecule has 3 aromatic rings. The van der Waals surface area contributed by atoms with Gasteiger partial charge in [-0.1, -0.05) is 50.1 Å². The van der Waals surface area contributed by atoms with Gasteiger partial charge in [0.1, 0.15) is 11.5 Å². The first-order valence-electron chi connectivity index (χ1n) is 12.5. The fourth-order valence-electron chi connectivity index (χ4n) is 6.03. The Morgan fingerprint density at radius 3 is 2.69 bits per heavy atom. The number of hydrogen-bond acceptors (Lipinski definition) is 6. The van der Waals surface area contributed by atoms with Crippen molar-refractivity contribution >= 4 is 29.3 Å². The average Bonchev–Trinajstić information content (AvgIpc) is 2.89. The minimum atomic E-state index is -1.66. The third-order valence-corrected chi connectivity index (χ3v) is 7.77. The van der Waals surface area contributed by atoms with Crippen molar-refractivity contribution in [2.24, 2.45) is 5.41 Å². The first kappa shape index (κ1) is 22.5. The second-order valence-corrected chi connectivity index (χ2v) is 9.76. The van der Waals surface area contributed by atoms with Crippen molar-refractivity contribution in [3.63, 3.8) is 0 Å². The quantitative estimate of drug-likeness (QED) is 0.450. The topological polar surface area (TPSA) is 104 Å². The minimum absolute atomic E-state index is 0.121. The van der Waals surface area contributed by atoms with E-state index in [-0.39, 0.29) is 18.5 Å². The Hall–Kier alpha value is -4.01. The lowest BCUT2D eigenvalue weighted by Crippen LogP contribution is -2.70. The van der Waals surface area contributed by atoms with Crippen molar-refractivity contribution in [2.75, 3.05) is 18.0 Å². The molecule has 9 heteroatoms. The highest BCUT2D eigenvalue weighted by Gasteiger charge is 2.64. The first-order chi connectivity index (χ1) is 17.5. The monoisotopic (exact) mass is 485 g/mol. The molecule has 0 radical (unpaired) electrons. The Bertz CT molecular complexity index is 1480. The third-order valence-electron chi connectivity index (χ3n) is 7.77. The number of rotatable bonds is 4. The van der Waals surface area contributed by atoms with Crippen LogP contribution in [0.1, 0.15) is 48.9 Å². The molecule has 5 heterocycles. The lowest BCUT2D eigenvalue weighted by Gasteiger charge is -2.53. The van der Waals surface area contributed by atoms with E-state index in [0.29, 0.717) is 36.4 Å². The highest BCUT2D eigenvalue weighted by atomic mass is 16.2. The van der Waals surface area contributed by atoms with Crippen LogP contribution in [0.25, 0.3) is 5.65 Å². The van der Waals surface area contributed by atoms with E-state index < -0.39 is 29.3 Å². The number of barbiturate groups is 1. The summed E-state index contributed by atoms with van der Waals surface area (Å²) in [4.78, 5) is 62.4. The van der Waals surface area contributed by atoms with Gasteiger partial charge in [0.15, 0.2) is 5.41 Å². The van der Waals surface area contributed by atoms with E-state index >= 15 is 0 Å². The zero-order valence-electron chi connectivity index (χ0n) is 20.1. The fourth-order valence-corrected chi connectivity index (χ4v) is 6.03. The van der Waals surface area contributed by atoms with Crippen LogP contribution in [0, 0.1) is 5.41 Å². The van der Waals surface area contributed by atoms with Gasteiger partial charge in [0.25, 0.3) is 5.56 Å². The van der Waals surface area contributed by atoms with Gasteiger partial charge in [0, 0.05) is 25.7 Å². The van der Waals surface area contributed by atoms with Crippen LogP contribution < -0.4 is 15.8 Å². The molecule has 9 nitrogen and oxygen atoms in total. The molecule has 0 bridgehead atoms. The number of anilines is 1. The van der Waals surface area contributed by atoms with E-state index in [2.05, 4.69) is 5.32 Å². The molecule has 1 fully saturated rings. The van der Waals surface area contributed by atoms with Crippen molar-refractivity contribution in [3.8, 4) is 0 Å². The highest BCUT2D eigenvalue weighted by molar-refractivity contribution is 6.20. The summed E-state index contributed by atoms with van der Waals surface area (Å²) in [5, 5.41) is 2.47. The molecule has 36 heavy (non-hydrogen) atoms. The number of hydrogen-bond donors (Lipinski definition) is 1. The number of fused-ring (bicyclic) bond motifs is 7. The van der Waals surface area contributed by atoms with Gasteiger partial charge in [-0.3, -0.25) is 29.0 Å². The standard InChI is InChI=1S/C27H27N5O4/c1-2-3-7-14-32-25(35)27(24(34)29-26(32)36)16-19-22(28-20-11-6-8-13-30(20)23(19)33)31-15-12-17-9-4-5-10-18(17)21(27)31/h4-6,8-11,13,21H,2-3,7,12,14-16H2,1H3,(H,29,34,36)/t21-,27-/m0/s1. The van der Waals surface area contributed by atoms with Crippen molar-refractivity contribution in [1.29, 1.82) is 0 Å². The van der Waals surface area contributed by atoms with Gasteiger partial charge < -0.3 is 4.90 Å². The average molecular weight is 486 g/mol. The predicted molar refractivity (Wildman–Crippen MR) is 133 cm³/mol. The Balaban J connectivity index is 1.60. The number of amides is 4. The Kier molecular flexibility index (Phi) is 5.17. The SMILES string of the molecule is CCCCCN1C(=O)NC(=O)[C@@]2(Cc3c(nc4ccccn4c3=O)N3CCc4ccccc4[C@H]32)C1=O. The number of imide groups is 2. The van der Waals surface area contributed by atoms with Crippen LogP contribution >= 0.6 is 0 Å². The molecule has 1 N–H and O–H groups in total. The molecular formula is C27H27N5O4. The molecule has 0 saturated carbocycles. The lowest BCUT2D eigenvalue weighted by atomic mass is 9.65. The molecule has 1 aromatic carbocycles. The first-order valence-corrected chi connectivity index (χ1v) is 12.5. The summed E-state index contributed by atoms with van der Waals surface area (Å²) in [6.45, 7) is 2.77. The molecule has 1 spiro atoms. The largest absolute Gasteiger partial charge is 0.347 e. The molecule has 0 unspecified atom stereocenters. The van der Waals surface area contributed by atoms with Crippen LogP contribution in [0.3, 0.4) is 0 Å². The lowest BCUT2D eigenvalue weighted by molar-refractivity contribution is -0.154. The van der Waals surface area contributed by atoms with Gasteiger partial charge in [-0.25, -0.2) is 9.78 Å². The number of pyridine rings is 1. The van der Waals surface area contributed by atoms with Crippen molar-refractivity contribution in [3.05, 3.63) is 75.7 Å². The van der Waals surface area contributed by atoms with Gasteiger partial charge in [0.2, 0.25) is 11.8 Å². The molecule has 2 aromatic heterocycles. The molecule has 184 valence electrons. The summed E-state index contributed by atoms with van der Waals surface area (Å²) in [6.07, 6.45) is 4.64. The van der Waals surface area contributed by atoms with Crippen molar-refractivity contribution in [2.45, 2.75) is 45.1 Å². The number of nitrogens with one attached hydrogen (secondary N) is 1. The zero-order chi connectivity index (χ0) is 25.0. The number of unbranched alkanes of at least 4 members (excludes halogenated alkanes) is 2. The van der Waals surface area contributed by atoms with Gasteiger partial charge >= 0.3 is 6.03 Å². The molecule has 6 rings (SSSR count). The maximum atomic E-state index is 14.3. The summed E-state index contributed by atoms with van der Waals surface area (Å²) in [6, 6.07) is 11.7. The van der Waals surface area contributed by atoms with E-state index in [9.17, 15) is 19.2 Å². The normalized spacial score (nSPS) is 22.9. The zero-order valence-corrected chi connectivity index (χ0v) is 20.1. The van der Waals surface area contributed by atoms with E-state index in [1.165, 1.54) is 9.30 Å². The second-order valence-electron chi connectivity index (χ2n) is 9.76. The molecule has 3 aliphatic rings. The van der Waals surface area contributed by atoms with E-state index in [1.807, 2.05) is 42.2 Å². The summed E-state index contributed by atoms with van der Waals surface area (Å²) in [5.74, 6) is -0.687. The van der Waals surface area contributed by atoms with Crippen LogP contribution in [0.2, 0.25) is 0 Å². The molecule has 3 aliphatic heterocycles. The Morgan fingerprint density at radius 1 is 1.06 bits per heavy atom. The van der Waals surface area contributed by atoms with Gasteiger partial charge in [-0.2, -0.15) is 0 Å². The maximum Gasteiger partial charge on any atom is 0.330 e. The van der Waals surface area contributed by atoms with Crippen LogP contribution in [0.15, 0.2) is 53.5 Å². The summed E-state index contributed by atoms with van der Waals surface area (Å²) >= 11 is 0.